The van der Waals surface area contributed by atoms with E-state index < -0.39 is 16.1 Å². The summed E-state index contributed by atoms with van der Waals surface area (Å²) in [4.78, 5) is 11.5. The van der Waals surface area contributed by atoms with Crippen LogP contribution in [-0.2, 0) is 10.0 Å². The monoisotopic (exact) mass is 587 g/mol. The minimum Gasteiger partial charge on any atom is -0.395 e. The highest BCUT2D eigenvalue weighted by atomic mass is 35.5. The molecule has 0 aromatic heterocycles. The molecule has 0 spiro atoms. The lowest BCUT2D eigenvalue weighted by molar-refractivity contribution is 0.243. The number of benzene rings is 2. The smallest absolute Gasteiger partial charge is 0.318 e. The van der Waals surface area contributed by atoms with Crippen LogP contribution in [0.3, 0.4) is 0 Å². The number of anilines is 2. The van der Waals surface area contributed by atoms with Gasteiger partial charge in [-0.2, -0.15) is 4.31 Å². The second-order valence-electron chi connectivity index (χ2n) is 9.94. The molecule has 0 fully saturated rings. The quantitative estimate of drug-likeness (QED) is 0.365. The topological polar surface area (TPSA) is 114 Å². The summed E-state index contributed by atoms with van der Waals surface area (Å²) < 4.78 is 42.2. The SMILES string of the molecule is CNC(=O)Nc1ccc(S(=O)(=O)N(CCO)C[C@H]2CCC3=C2[C@@H](C)C2=CNN(c4ccc(F)cc4)C2=C3)c(Cl)c1. The number of nitrogens with one attached hydrogen (secondary N) is 3. The van der Waals surface area contributed by atoms with E-state index in [1.165, 1.54) is 52.8 Å². The minimum atomic E-state index is -4.04. The fraction of sp³-hybridized carbons (Fsp3) is 0.321. The Balaban J connectivity index is 1.40. The number of carbonyl (C=O) groups excluding carboxylic acids is 1. The molecule has 2 aromatic carbocycles. The second kappa shape index (κ2) is 11.2. The van der Waals surface area contributed by atoms with Crippen LogP contribution in [-0.4, -0.2) is 50.6 Å². The van der Waals surface area contributed by atoms with Crippen LogP contribution >= 0.6 is 11.6 Å². The third-order valence-electron chi connectivity index (χ3n) is 7.60. The van der Waals surface area contributed by atoms with E-state index in [2.05, 4.69) is 29.1 Å². The molecule has 1 heterocycles. The van der Waals surface area contributed by atoms with Gasteiger partial charge in [0.1, 0.15) is 10.7 Å². The number of amides is 2. The average molecular weight is 588 g/mol. The number of urea groups is 1. The zero-order valence-electron chi connectivity index (χ0n) is 22.1. The fourth-order valence-corrected chi connectivity index (χ4v) is 7.69. The number of carbonyl (C=O) groups is 1. The van der Waals surface area contributed by atoms with Crippen LogP contribution in [0.2, 0.25) is 5.02 Å². The van der Waals surface area contributed by atoms with E-state index in [4.69, 9.17) is 11.6 Å². The number of allylic oxidation sites excluding steroid dienone is 3. The molecule has 1 aliphatic heterocycles. The number of aliphatic hydroxyl groups excluding tert-OH is 1. The van der Waals surface area contributed by atoms with E-state index >= 15 is 0 Å². The van der Waals surface area contributed by atoms with Crippen LogP contribution in [0.15, 0.2) is 82.1 Å². The summed E-state index contributed by atoms with van der Waals surface area (Å²) in [6.45, 7) is 1.90. The van der Waals surface area contributed by atoms with Gasteiger partial charge in [0.05, 0.1) is 23.0 Å². The molecule has 0 saturated heterocycles. The number of hydrogen-bond acceptors (Lipinski definition) is 6. The lowest BCUT2D eigenvalue weighted by Gasteiger charge is -2.32. The van der Waals surface area contributed by atoms with E-state index in [0.717, 1.165) is 29.8 Å². The first-order valence-electron chi connectivity index (χ1n) is 13.0. The van der Waals surface area contributed by atoms with Crippen molar-refractivity contribution in [3.05, 3.63) is 88.0 Å². The maximum Gasteiger partial charge on any atom is 0.318 e. The van der Waals surface area contributed by atoms with E-state index in [9.17, 15) is 22.7 Å². The number of rotatable bonds is 8. The molecule has 0 unspecified atom stereocenters. The van der Waals surface area contributed by atoms with E-state index in [1.54, 1.807) is 12.1 Å². The van der Waals surface area contributed by atoms with E-state index in [-0.39, 0.29) is 47.3 Å². The molecular weight excluding hydrogens is 557 g/mol. The highest BCUT2D eigenvalue weighted by molar-refractivity contribution is 7.89. The average Bonchev–Trinajstić information content (AvgIpc) is 3.53. The summed E-state index contributed by atoms with van der Waals surface area (Å²) in [6, 6.07) is 10.1. The van der Waals surface area contributed by atoms with Crippen molar-refractivity contribution in [1.29, 1.82) is 0 Å². The van der Waals surface area contributed by atoms with Crippen molar-refractivity contribution < 1.29 is 22.7 Å². The summed E-state index contributed by atoms with van der Waals surface area (Å²) in [5, 5.41) is 16.7. The summed E-state index contributed by atoms with van der Waals surface area (Å²) in [7, 11) is -2.57. The molecular formula is C28H31ClFN5O4S. The van der Waals surface area contributed by atoms with Gasteiger partial charge in [-0.25, -0.2) is 17.6 Å². The molecule has 5 rings (SSSR count). The molecule has 3 aliphatic rings. The zero-order chi connectivity index (χ0) is 28.6. The highest BCUT2D eigenvalue weighted by Crippen LogP contribution is 2.48. The number of hydrazine groups is 1. The Bertz CT molecular complexity index is 1520. The Morgan fingerprint density at radius 2 is 2.00 bits per heavy atom. The van der Waals surface area contributed by atoms with Crippen LogP contribution < -0.4 is 21.1 Å². The molecule has 0 saturated carbocycles. The molecule has 212 valence electrons. The van der Waals surface area contributed by atoms with Gasteiger partial charge in [0.25, 0.3) is 0 Å². The minimum absolute atomic E-state index is 0.0233. The number of halogens is 2. The number of aliphatic hydroxyl groups is 1. The first-order chi connectivity index (χ1) is 19.1. The molecule has 2 aliphatic carbocycles. The predicted octanol–water partition coefficient (Wildman–Crippen LogP) is 4.36. The molecule has 2 atom stereocenters. The van der Waals surface area contributed by atoms with Crippen LogP contribution in [0.5, 0.6) is 0 Å². The zero-order valence-corrected chi connectivity index (χ0v) is 23.7. The van der Waals surface area contributed by atoms with Gasteiger partial charge in [0, 0.05) is 43.5 Å². The van der Waals surface area contributed by atoms with Crippen molar-refractivity contribution in [2.75, 3.05) is 37.1 Å². The van der Waals surface area contributed by atoms with Crippen LogP contribution in [0, 0.1) is 17.7 Å². The largest absolute Gasteiger partial charge is 0.395 e. The Hall–Kier alpha value is -3.38. The number of hydrogen-bond donors (Lipinski definition) is 4. The van der Waals surface area contributed by atoms with Crippen molar-refractivity contribution in [3.63, 3.8) is 0 Å². The lowest BCUT2D eigenvalue weighted by Crippen LogP contribution is -2.38. The summed E-state index contributed by atoms with van der Waals surface area (Å²) >= 11 is 6.37. The van der Waals surface area contributed by atoms with E-state index in [1.807, 2.05) is 11.2 Å². The van der Waals surface area contributed by atoms with Crippen molar-refractivity contribution in [2.45, 2.75) is 24.7 Å². The summed E-state index contributed by atoms with van der Waals surface area (Å²) in [6.07, 6.45) is 5.64. The molecule has 2 aromatic rings. The number of sulfonamides is 1. The second-order valence-corrected chi connectivity index (χ2v) is 12.3. The van der Waals surface area contributed by atoms with Crippen LogP contribution in [0.1, 0.15) is 19.8 Å². The van der Waals surface area contributed by atoms with Gasteiger partial charge in [-0.3, -0.25) is 5.01 Å². The van der Waals surface area contributed by atoms with Gasteiger partial charge in [-0.1, -0.05) is 24.1 Å². The molecule has 0 radical (unpaired) electrons. The Labute approximate surface area is 238 Å². The van der Waals surface area contributed by atoms with Crippen molar-refractivity contribution in [2.24, 2.45) is 11.8 Å². The van der Waals surface area contributed by atoms with Crippen LogP contribution in [0.25, 0.3) is 0 Å². The molecule has 2 amide bonds. The summed E-state index contributed by atoms with van der Waals surface area (Å²) in [5.74, 6) is -0.304. The Kier molecular flexibility index (Phi) is 7.92. The molecule has 12 heteroatoms. The normalized spacial score (nSPS) is 20.1. The van der Waals surface area contributed by atoms with Crippen molar-refractivity contribution in [1.82, 2.24) is 15.0 Å². The third kappa shape index (κ3) is 5.22. The van der Waals surface area contributed by atoms with Crippen molar-refractivity contribution in [3.8, 4) is 0 Å². The highest BCUT2D eigenvalue weighted by Gasteiger charge is 2.40. The first-order valence-corrected chi connectivity index (χ1v) is 14.8. The van der Waals surface area contributed by atoms with Crippen molar-refractivity contribution >= 4 is 39.0 Å². The number of fused-ring (bicyclic) bond motifs is 1. The van der Waals surface area contributed by atoms with Crippen LogP contribution in [0.4, 0.5) is 20.6 Å². The molecule has 4 N–H and O–H groups in total. The van der Waals surface area contributed by atoms with Gasteiger partial charge < -0.3 is 21.2 Å². The molecule has 9 nitrogen and oxygen atoms in total. The number of nitrogens with zero attached hydrogens (tertiary/aromatic N) is 2. The Morgan fingerprint density at radius 3 is 2.67 bits per heavy atom. The molecule has 0 bridgehead atoms. The maximum absolute atomic E-state index is 13.7. The third-order valence-corrected chi connectivity index (χ3v) is 9.94. The maximum atomic E-state index is 13.7. The van der Waals surface area contributed by atoms with Gasteiger partial charge in [0.15, 0.2) is 0 Å². The lowest BCUT2D eigenvalue weighted by atomic mass is 9.80. The Morgan fingerprint density at radius 1 is 1.25 bits per heavy atom. The van der Waals surface area contributed by atoms with Gasteiger partial charge in [-0.05, 0) is 72.9 Å². The van der Waals surface area contributed by atoms with Gasteiger partial charge >= 0.3 is 6.03 Å². The fourth-order valence-electron chi connectivity index (χ4n) is 5.69. The molecule has 40 heavy (non-hydrogen) atoms. The van der Waals surface area contributed by atoms with Gasteiger partial charge in [0.2, 0.25) is 10.0 Å². The van der Waals surface area contributed by atoms with E-state index in [0.29, 0.717) is 5.69 Å². The first kappa shape index (κ1) is 28.2. The van der Waals surface area contributed by atoms with Gasteiger partial charge in [-0.15, -0.1) is 0 Å². The summed E-state index contributed by atoms with van der Waals surface area (Å²) in [5.41, 5.74) is 8.88. The standard InChI is InChI=1S/C28H31ClFN5O4S/c1-17-23-15-32-35(22-8-5-20(30)6-9-22)25(23)13-18-3-4-19(27(17)18)16-34(11-12-36)40(38,39)26-10-7-21(14-24(26)29)33-28(37)31-2/h5-10,13-15,17,19,32,36H,3-4,11-12,16H2,1-2H3,(H2,31,33,37)/t17-,19+/m0/s1. The predicted molar refractivity (Wildman–Crippen MR) is 152 cm³/mol.